The maximum Gasteiger partial charge on any atom is 0.331 e. The quantitative estimate of drug-likeness (QED) is 0.272. The molecule has 0 spiro atoms. The number of benzene rings is 1. The van der Waals surface area contributed by atoms with Gasteiger partial charge in [0.2, 0.25) is 0 Å². The first-order valence-electron chi connectivity index (χ1n) is 7.92. The van der Waals surface area contributed by atoms with Crippen LogP contribution in [0.5, 0.6) is 5.75 Å². The van der Waals surface area contributed by atoms with Crippen LogP contribution >= 0.6 is 0 Å². The Balaban J connectivity index is 2.17. The highest BCUT2D eigenvalue weighted by molar-refractivity contribution is 5.83. The van der Waals surface area contributed by atoms with Crippen molar-refractivity contribution in [2.24, 2.45) is 0 Å². The van der Waals surface area contributed by atoms with Crippen LogP contribution in [0, 0.1) is 0 Å². The summed E-state index contributed by atoms with van der Waals surface area (Å²) >= 11 is 0. The van der Waals surface area contributed by atoms with E-state index >= 15 is 0 Å². The van der Waals surface area contributed by atoms with Crippen molar-refractivity contribution in [2.75, 3.05) is 13.2 Å². The van der Waals surface area contributed by atoms with Crippen LogP contribution in [0.2, 0.25) is 0 Å². The SMILES string of the molecule is CCCCC/C=C/C(C)=C/C(=O)OCCOc1ccccc1. The molecule has 3 nitrogen and oxygen atoms in total. The number of carbonyl (C=O) groups excluding carboxylic acids is 1. The summed E-state index contributed by atoms with van der Waals surface area (Å²) in [5, 5.41) is 0. The zero-order valence-corrected chi connectivity index (χ0v) is 13.6. The molecule has 1 aromatic rings. The minimum atomic E-state index is -0.327. The van der Waals surface area contributed by atoms with E-state index in [-0.39, 0.29) is 12.6 Å². The fourth-order valence-corrected chi connectivity index (χ4v) is 1.88. The van der Waals surface area contributed by atoms with E-state index < -0.39 is 0 Å². The molecule has 0 amide bonds. The highest BCUT2D eigenvalue weighted by Crippen LogP contribution is 2.07. The van der Waals surface area contributed by atoms with Gasteiger partial charge in [0.1, 0.15) is 19.0 Å². The van der Waals surface area contributed by atoms with Crippen molar-refractivity contribution >= 4 is 5.97 Å². The number of para-hydroxylation sites is 1. The molecule has 0 bridgehead atoms. The summed E-state index contributed by atoms with van der Waals surface area (Å²) in [5.41, 5.74) is 0.908. The Morgan fingerprint density at radius 1 is 1.14 bits per heavy atom. The second kappa shape index (κ2) is 11.6. The van der Waals surface area contributed by atoms with Crippen molar-refractivity contribution in [3.63, 3.8) is 0 Å². The van der Waals surface area contributed by atoms with Crippen molar-refractivity contribution in [3.05, 3.63) is 54.1 Å². The van der Waals surface area contributed by atoms with E-state index in [1.807, 2.05) is 43.3 Å². The maximum atomic E-state index is 11.6. The number of esters is 1. The number of allylic oxidation sites excluding steroid dienone is 3. The molecule has 0 fully saturated rings. The van der Waals surface area contributed by atoms with Gasteiger partial charge < -0.3 is 9.47 Å². The lowest BCUT2D eigenvalue weighted by molar-refractivity contribution is -0.138. The molecule has 0 radical (unpaired) electrons. The van der Waals surface area contributed by atoms with Gasteiger partial charge in [-0.3, -0.25) is 0 Å². The molecule has 1 rings (SSSR count). The number of hydrogen-bond donors (Lipinski definition) is 0. The fourth-order valence-electron chi connectivity index (χ4n) is 1.88. The fraction of sp³-hybridized carbons (Fsp3) is 0.421. The Morgan fingerprint density at radius 3 is 2.64 bits per heavy atom. The van der Waals surface area contributed by atoms with Crippen LogP contribution in [-0.2, 0) is 9.53 Å². The molecule has 22 heavy (non-hydrogen) atoms. The first kappa shape index (κ1) is 18.0. The van der Waals surface area contributed by atoms with E-state index in [0.29, 0.717) is 6.61 Å². The second-order valence-corrected chi connectivity index (χ2v) is 5.12. The molecule has 0 aliphatic carbocycles. The van der Waals surface area contributed by atoms with Crippen LogP contribution in [-0.4, -0.2) is 19.2 Å². The van der Waals surface area contributed by atoms with Gasteiger partial charge in [-0.25, -0.2) is 4.79 Å². The standard InChI is InChI=1S/C19H26O3/c1-3-4-5-6-8-11-17(2)16-19(20)22-15-14-21-18-12-9-7-10-13-18/h7-13,16H,3-6,14-15H2,1-2H3/b11-8+,17-16+. The summed E-state index contributed by atoms with van der Waals surface area (Å²) in [6.07, 6.45) is 10.3. The van der Waals surface area contributed by atoms with E-state index in [0.717, 1.165) is 17.7 Å². The van der Waals surface area contributed by atoms with E-state index in [9.17, 15) is 4.79 Å². The molecule has 0 heterocycles. The average Bonchev–Trinajstić information content (AvgIpc) is 2.52. The minimum absolute atomic E-state index is 0.248. The third kappa shape index (κ3) is 9.01. The van der Waals surface area contributed by atoms with Crippen molar-refractivity contribution in [1.82, 2.24) is 0 Å². The number of hydrogen-bond acceptors (Lipinski definition) is 3. The molecule has 0 aliphatic heterocycles. The molecule has 0 N–H and O–H groups in total. The Labute approximate surface area is 133 Å². The van der Waals surface area contributed by atoms with Gasteiger partial charge in [0.25, 0.3) is 0 Å². The van der Waals surface area contributed by atoms with Gasteiger partial charge in [-0.2, -0.15) is 0 Å². The summed E-state index contributed by atoms with van der Waals surface area (Å²) in [4.78, 5) is 11.6. The van der Waals surface area contributed by atoms with Crippen LogP contribution in [0.25, 0.3) is 0 Å². The molecule has 0 aliphatic rings. The highest BCUT2D eigenvalue weighted by atomic mass is 16.6. The Bertz CT molecular complexity index is 475. The summed E-state index contributed by atoms with van der Waals surface area (Å²) in [6.45, 7) is 4.69. The molecule has 0 saturated heterocycles. The van der Waals surface area contributed by atoms with Crippen molar-refractivity contribution in [1.29, 1.82) is 0 Å². The van der Waals surface area contributed by atoms with E-state index in [2.05, 4.69) is 13.0 Å². The van der Waals surface area contributed by atoms with Gasteiger partial charge in [0, 0.05) is 6.08 Å². The van der Waals surface area contributed by atoms with E-state index in [1.54, 1.807) is 0 Å². The molecule has 0 unspecified atom stereocenters. The van der Waals surface area contributed by atoms with Crippen LogP contribution < -0.4 is 4.74 Å². The van der Waals surface area contributed by atoms with Gasteiger partial charge in [-0.15, -0.1) is 0 Å². The first-order valence-corrected chi connectivity index (χ1v) is 7.92. The predicted octanol–water partition coefficient (Wildman–Crippen LogP) is 4.69. The third-order valence-corrected chi connectivity index (χ3v) is 3.04. The van der Waals surface area contributed by atoms with Gasteiger partial charge in [0.15, 0.2) is 0 Å². The lowest BCUT2D eigenvalue weighted by Crippen LogP contribution is -2.10. The molecular formula is C19H26O3. The van der Waals surface area contributed by atoms with Gasteiger partial charge in [0.05, 0.1) is 0 Å². The zero-order valence-electron chi connectivity index (χ0n) is 13.6. The van der Waals surface area contributed by atoms with E-state index in [1.165, 1.54) is 25.3 Å². The monoisotopic (exact) mass is 302 g/mol. The van der Waals surface area contributed by atoms with Gasteiger partial charge in [-0.1, -0.05) is 50.1 Å². The predicted molar refractivity (Wildman–Crippen MR) is 89.9 cm³/mol. The topological polar surface area (TPSA) is 35.5 Å². The number of unbranched alkanes of at least 4 members (excludes halogenated alkanes) is 3. The summed E-state index contributed by atoms with van der Waals surface area (Å²) < 4.78 is 10.6. The smallest absolute Gasteiger partial charge is 0.331 e. The molecule has 0 saturated carbocycles. The Morgan fingerprint density at radius 2 is 1.91 bits per heavy atom. The third-order valence-electron chi connectivity index (χ3n) is 3.04. The Hall–Kier alpha value is -2.03. The average molecular weight is 302 g/mol. The molecule has 120 valence electrons. The van der Waals surface area contributed by atoms with Gasteiger partial charge in [-0.05, 0) is 37.5 Å². The highest BCUT2D eigenvalue weighted by Gasteiger charge is 1.99. The molecule has 1 aromatic carbocycles. The second-order valence-electron chi connectivity index (χ2n) is 5.12. The van der Waals surface area contributed by atoms with E-state index in [4.69, 9.17) is 9.47 Å². The van der Waals surface area contributed by atoms with Crippen LogP contribution in [0.3, 0.4) is 0 Å². The van der Waals surface area contributed by atoms with Crippen LogP contribution in [0.1, 0.15) is 39.5 Å². The lowest BCUT2D eigenvalue weighted by Gasteiger charge is -2.05. The molecule has 3 heteroatoms. The van der Waals surface area contributed by atoms with Crippen molar-refractivity contribution in [2.45, 2.75) is 39.5 Å². The summed E-state index contributed by atoms with van der Waals surface area (Å²) in [6, 6.07) is 9.47. The van der Waals surface area contributed by atoms with Crippen molar-refractivity contribution in [3.8, 4) is 5.75 Å². The first-order chi connectivity index (χ1) is 10.7. The van der Waals surface area contributed by atoms with Crippen LogP contribution in [0.15, 0.2) is 54.1 Å². The molecule has 0 aromatic heterocycles. The molecular weight excluding hydrogens is 276 g/mol. The summed E-state index contributed by atoms with van der Waals surface area (Å²) in [7, 11) is 0. The number of carbonyl (C=O) groups is 1. The normalized spacial score (nSPS) is 11.6. The lowest BCUT2D eigenvalue weighted by atomic mass is 10.1. The molecule has 0 atom stereocenters. The van der Waals surface area contributed by atoms with Gasteiger partial charge >= 0.3 is 5.97 Å². The summed E-state index contributed by atoms with van der Waals surface area (Å²) in [5.74, 6) is 0.452. The Kier molecular flexibility index (Phi) is 9.51. The van der Waals surface area contributed by atoms with Crippen LogP contribution in [0.4, 0.5) is 0 Å². The largest absolute Gasteiger partial charge is 0.490 e. The minimum Gasteiger partial charge on any atom is -0.490 e. The zero-order chi connectivity index (χ0) is 16.0. The number of rotatable bonds is 10. The maximum absolute atomic E-state index is 11.6. The number of ether oxygens (including phenoxy) is 2. The van der Waals surface area contributed by atoms with Crippen molar-refractivity contribution < 1.29 is 14.3 Å².